The monoisotopic (exact) mass is 505 g/mol. The van der Waals surface area contributed by atoms with Crippen molar-refractivity contribution in [2.45, 2.75) is 45.1 Å². The molecule has 30 heavy (non-hydrogen) atoms. The van der Waals surface area contributed by atoms with Crippen molar-refractivity contribution >= 4 is 50.7 Å². The topological polar surface area (TPSA) is 49.0 Å². The van der Waals surface area contributed by atoms with E-state index in [2.05, 4.69) is 25.9 Å². The molecule has 1 aliphatic rings. The third-order valence-electron chi connectivity index (χ3n) is 5.54. The lowest BCUT2D eigenvalue weighted by molar-refractivity contribution is 0.0965. The fraction of sp³-hybridized carbons (Fsp3) is 0.304. The number of nitrogens with zero attached hydrogens (tertiary/aromatic N) is 2. The van der Waals surface area contributed by atoms with Gasteiger partial charge in [-0.05, 0) is 62.2 Å². The molecule has 2 aromatic carbocycles. The number of hydrogen-bond acceptors (Lipinski definition) is 2. The molecule has 0 saturated heterocycles. The predicted molar refractivity (Wildman–Crippen MR) is 127 cm³/mol. The number of carbonyl (C=O) groups excluding carboxylic acids is 1. The summed E-state index contributed by atoms with van der Waals surface area (Å²) in [7, 11) is 0. The zero-order valence-electron chi connectivity index (χ0n) is 16.6. The van der Waals surface area contributed by atoms with Crippen LogP contribution in [0.4, 0.5) is 5.69 Å². The summed E-state index contributed by atoms with van der Waals surface area (Å²) in [6.45, 7) is 1.87. The molecule has 4 rings (SSSR count). The van der Waals surface area contributed by atoms with Crippen molar-refractivity contribution in [2.75, 3.05) is 4.90 Å². The number of aryl methyl sites for hydroxylation is 1. The zero-order valence-corrected chi connectivity index (χ0v) is 19.7. The first kappa shape index (κ1) is 21.4. The second-order valence-corrected chi connectivity index (χ2v) is 9.39. The van der Waals surface area contributed by atoms with Crippen LogP contribution < -0.4 is 4.90 Å². The Hall–Kier alpha value is -1.82. The minimum Gasteiger partial charge on any atom is -0.341 e. The Labute approximate surface area is 194 Å². The first-order valence-electron chi connectivity index (χ1n) is 10.0. The smallest absolute Gasteiger partial charge is 0.279 e. The van der Waals surface area contributed by atoms with Crippen LogP contribution in [0.2, 0.25) is 10.0 Å². The highest BCUT2D eigenvalue weighted by Crippen LogP contribution is 2.32. The molecule has 1 amide bonds. The molecule has 0 spiro atoms. The Bertz CT molecular complexity index is 1060. The van der Waals surface area contributed by atoms with E-state index in [1.165, 1.54) is 6.42 Å². The lowest BCUT2D eigenvalue weighted by Gasteiger charge is -2.34. The van der Waals surface area contributed by atoms with E-state index >= 15 is 0 Å². The minimum absolute atomic E-state index is 0.0886. The van der Waals surface area contributed by atoms with Crippen molar-refractivity contribution < 1.29 is 4.79 Å². The molecule has 7 heteroatoms. The van der Waals surface area contributed by atoms with Crippen molar-refractivity contribution in [3.05, 3.63) is 68.4 Å². The van der Waals surface area contributed by atoms with Crippen LogP contribution in [0, 0.1) is 6.92 Å². The van der Waals surface area contributed by atoms with Gasteiger partial charge in [-0.3, -0.25) is 4.79 Å². The fourth-order valence-electron chi connectivity index (χ4n) is 4.03. The van der Waals surface area contributed by atoms with Gasteiger partial charge in [0.25, 0.3) is 5.91 Å². The summed E-state index contributed by atoms with van der Waals surface area (Å²) in [4.78, 5) is 23.5. The normalized spacial score (nSPS) is 14.7. The molecule has 0 atom stereocenters. The number of H-pyrrole nitrogens is 1. The number of benzene rings is 2. The first-order chi connectivity index (χ1) is 14.4. The van der Waals surface area contributed by atoms with Crippen LogP contribution in [0.5, 0.6) is 0 Å². The second kappa shape index (κ2) is 9.13. The van der Waals surface area contributed by atoms with E-state index in [1.54, 1.807) is 12.1 Å². The van der Waals surface area contributed by atoms with Gasteiger partial charge in [-0.2, -0.15) is 0 Å². The molecular formula is C23H22BrCl2N3O. The molecule has 0 unspecified atom stereocenters. The average Bonchev–Trinajstić information content (AvgIpc) is 3.11. The number of amides is 1. The van der Waals surface area contributed by atoms with Crippen LogP contribution in [0.15, 0.2) is 46.9 Å². The molecular weight excluding hydrogens is 485 g/mol. The Morgan fingerprint density at radius 2 is 1.80 bits per heavy atom. The minimum atomic E-state index is -0.0886. The van der Waals surface area contributed by atoms with Crippen LogP contribution in [-0.4, -0.2) is 21.9 Å². The van der Waals surface area contributed by atoms with Gasteiger partial charge in [0.1, 0.15) is 11.5 Å². The number of imidazole rings is 1. The maximum atomic E-state index is 13.7. The van der Waals surface area contributed by atoms with Crippen LogP contribution in [-0.2, 0) is 0 Å². The number of rotatable bonds is 4. The van der Waals surface area contributed by atoms with E-state index in [0.29, 0.717) is 21.6 Å². The van der Waals surface area contributed by atoms with E-state index < -0.39 is 0 Å². The van der Waals surface area contributed by atoms with E-state index in [9.17, 15) is 4.79 Å². The lowest BCUT2D eigenvalue weighted by atomic mass is 9.93. The Morgan fingerprint density at radius 3 is 2.47 bits per heavy atom. The van der Waals surface area contributed by atoms with Crippen LogP contribution in [0.3, 0.4) is 0 Å². The van der Waals surface area contributed by atoms with Crippen molar-refractivity contribution in [3.63, 3.8) is 0 Å². The number of aromatic amines is 1. The Balaban J connectivity index is 1.72. The zero-order chi connectivity index (χ0) is 21.3. The molecule has 1 saturated carbocycles. The van der Waals surface area contributed by atoms with Crippen molar-refractivity contribution in [1.82, 2.24) is 9.97 Å². The Kier molecular flexibility index (Phi) is 6.51. The SMILES string of the molecule is Cc1[nH]c(-c2ccc(Cl)cc2Cl)nc1C(=O)N(c1ccc(Br)cc1)C1CCCCC1. The highest BCUT2D eigenvalue weighted by Gasteiger charge is 2.30. The lowest BCUT2D eigenvalue weighted by Crippen LogP contribution is -2.42. The highest BCUT2D eigenvalue weighted by atomic mass is 79.9. The van der Waals surface area contributed by atoms with Crippen LogP contribution in [0.1, 0.15) is 48.3 Å². The number of anilines is 1. The second-order valence-electron chi connectivity index (χ2n) is 7.63. The van der Waals surface area contributed by atoms with Gasteiger partial charge in [-0.1, -0.05) is 58.4 Å². The number of aromatic nitrogens is 2. The predicted octanol–water partition coefficient (Wildman–Crippen LogP) is 7.43. The summed E-state index contributed by atoms with van der Waals surface area (Å²) in [6, 6.07) is 13.3. The van der Waals surface area contributed by atoms with Gasteiger partial charge < -0.3 is 9.88 Å². The molecule has 1 N–H and O–H groups in total. The quantitative estimate of drug-likeness (QED) is 0.399. The van der Waals surface area contributed by atoms with E-state index in [4.69, 9.17) is 23.2 Å². The molecule has 0 bridgehead atoms. The van der Waals surface area contributed by atoms with Crippen LogP contribution >= 0.6 is 39.1 Å². The van der Waals surface area contributed by atoms with Gasteiger partial charge in [-0.25, -0.2) is 4.98 Å². The first-order valence-corrected chi connectivity index (χ1v) is 11.6. The summed E-state index contributed by atoms with van der Waals surface area (Å²) >= 11 is 15.9. The Morgan fingerprint density at radius 1 is 1.10 bits per heavy atom. The number of carbonyl (C=O) groups is 1. The maximum Gasteiger partial charge on any atom is 0.279 e. The molecule has 1 aliphatic carbocycles. The van der Waals surface area contributed by atoms with Gasteiger partial charge in [0, 0.05) is 32.5 Å². The third-order valence-corrected chi connectivity index (χ3v) is 6.61. The number of hydrogen-bond donors (Lipinski definition) is 1. The summed E-state index contributed by atoms with van der Waals surface area (Å²) < 4.78 is 0.984. The largest absolute Gasteiger partial charge is 0.341 e. The van der Waals surface area contributed by atoms with Crippen molar-refractivity contribution in [1.29, 1.82) is 0 Å². The van der Waals surface area contributed by atoms with Crippen molar-refractivity contribution in [3.8, 4) is 11.4 Å². The molecule has 0 radical (unpaired) electrons. The molecule has 1 aromatic heterocycles. The number of halogens is 3. The summed E-state index contributed by atoms with van der Waals surface area (Å²) in [5.74, 6) is 0.478. The van der Waals surface area contributed by atoms with Gasteiger partial charge >= 0.3 is 0 Å². The van der Waals surface area contributed by atoms with E-state index in [1.807, 2.05) is 42.2 Å². The fourth-order valence-corrected chi connectivity index (χ4v) is 4.79. The molecule has 1 heterocycles. The van der Waals surface area contributed by atoms with Crippen molar-refractivity contribution in [2.24, 2.45) is 0 Å². The maximum absolute atomic E-state index is 13.7. The van der Waals surface area contributed by atoms with E-state index in [0.717, 1.165) is 47.1 Å². The average molecular weight is 507 g/mol. The van der Waals surface area contributed by atoms with Gasteiger partial charge in [0.15, 0.2) is 0 Å². The standard InChI is InChI=1S/C23H22BrCl2N3O/c1-14-21(28-22(27-14)19-12-9-16(25)13-20(19)26)23(30)29(17-5-3-2-4-6-17)18-10-7-15(24)8-11-18/h7-13,17H,2-6H2,1H3,(H,27,28). The summed E-state index contributed by atoms with van der Waals surface area (Å²) in [5, 5.41) is 1.05. The highest BCUT2D eigenvalue weighted by molar-refractivity contribution is 9.10. The molecule has 156 valence electrons. The van der Waals surface area contributed by atoms with Gasteiger partial charge in [-0.15, -0.1) is 0 Å². The van der Waals surface area contributed by atoms with Crippen LogP contribution in [0.25, 0.3) is 11.4 Å². The summed E-state index contributed by atoms with van der Waals surface area (Å²) in [6.07, 6.45) is 5.49. The molecule has 1 fully saturated rings. The molecule has 0 aliphatic heterocycles. The molecule has 4 nitrogen and oxygen atoms in total. The summed E-state index contributed by atoms with van der Waals surface area (Å²) in [5.41, 5.74) is 2.75. The van der Waals surface area contributed by atoms with E-state index in [-0.39, 0.29) is 11.9 Å². The molecule has 3 aromatic rings. The third kappa shape index (κ3) is 4.43. The number of nitrogens with one attached hydrogen (secondary N) is 1. The van der Waals surface area contributed by atoms with Gasteiger partial charge in [0.2, 0.25) is 0 Å². The van der Waals surface area contributed by atoms with Gasteiger partial charge in [0.05, 0.1) is 5.02 Å².